The van der Waals surface area contributed by atoms with Gasteiger partial charge < -0.3 is 10.2 Å². The SMILES string of the molecule is O=C(Nc1nncs1)C1CCN(C(=O)c2ccc(Sc3ccccn3)cc2)CC1. The van der Waals surface area contributed by atoms with Gasteiger partial charge in [-0.15, -0.1) is 10.2 Å². The van der Waals surface area contributed by atoms with E-state index in [9.17, 15) is 9.59 Å². The van der Waals surface area contributed by atoms with E-state index in [-0.39, 0.29) is 17.7 Å². The van der Waals surface area contributed by atoms with Gasteiger partial charge in [-0.3, -0.25) is 9.59 Å². The number of carbonyl (C=O) groups excluding carboxylic acids is 2. The van der Waals surface area contributed by atoms with Crippen molar-refractivity contribution in [1.82, 2.24) is 20.1 Å². The Morgan fingerprint density at radius 2 is 1.90 bits per heavy atom. The summed E-state index contributed by atoms with van der Waals surface area (Å²) < 4.78 is 0. The van der Waals surface area contributed by atoms with E-state index in [2.05, 4.69) is 20.5 Å². The van der Waals surface area contributed by atoms with Crippen molar-refractivity contribution in [2.45, 2.75) is 22.8 Å². The van der Waals surface area contributed by atoms with Crippen LogP contribution in [0.5, 0.6) is 0 Å². The molecule has 0 aliphatic carbocycles. The highest BCUT2D eigenvalue weighted by Crippen LogP contribution is 2.26. The fourth-order valence-electron chi connectivity index (χ4n) is 3.16. The highest BCUT2D eigenvalue weighted by atomic mass is 32.2. The predicted octanol–water partition coefficient (Wildman–Crippen LogP) is 3.58. The van der Waals surface area contributed by atoms with E-state index in [4.69, 9.17) is 0 Å². The summed E-state index contributed by atoms with van der Waals surface area (Å²) >= 11 is 2.85. The van der Waals surface area contributed by atoms with E-state index in [1.807, 2.05) is 47.4 Å². The summed E-state index contributed by atoms with van der Waals surface area (Å²) in [7, 11) is 0. The topological polar surface area (TPSA) is 88.1 Å². The molecule has 2 aromatic heterocycles. The van der Waals surface area contributed by atoms with Crippen molar-refractivity contribution in [2.75, 3.05) is 18.4 Å². The van der Waals surface area contributed by atoms with Crippen LogP contribution in [-0.2, 0) is 4.79 Å². The summed E-state index contributed by atoms with van der Waals surface area (Å²) in [5.74, 6) is -0.160. The molecule has 0 radical (unpaired) electrons. The number of nitrogens with one attached hydrogen (secondary N) is 1. The maximum atomic E-state index is 12.8. The van der Waals surface area contributed by atoms with Gasteiger partial charge in [0.1, 0.15) is 10.5 Å². The highest BCUT2D eigenvalue weighted by molar-refractivity contribution is 7.99. The van der Waals surface area contributed by atoms with Gasteiger partial charge in [-0.1, -0.05) is 29.2 Å². The lowest BCUT2D eigenvalue weighted by Gasteiger charge is -2.31. The van der Waals surface area contributed by atoms with Gasteiger partial charge in [0.2, 0.25) is 11.0 Å². The smallest absolute Gasteiger partial charge is 0.253 e. The largest absolute Gasteiger partial charge is 0.339 e. The van der Waals surface area contributed by atoms with Crippen LogP contribution < -0.4 is 5.32 Å². The molecular weight excluding hydrogens is 406 g/mol. The molecule has 3 heterocycles. The minimum absolute atomic E-state index is 0.00219. The zero-order valence-corrected chi connectivity index (χ0v) is 17.2. The third-order valence-corrected chi connectivity index (χ3v) is 6.27. The maximum Gasteiger partial charge on any atom is 0.253 e. The first-order valence-electron chi connectivity index (χ1n) is 9.24. The number of nitrogens with zero attached hydrogens (tertiary/aromatic N) is 4. The number of hydrogen-bond donors (Lipinski definition) is 1. The van der Waals surface area contributed by atoms with Crippen molar-refractivity contribution < 1.29 is 9.59 Å². The zero-order chi connectivity index (χ0) is 20.1. The van der Waals surface area contributed by atoms with E-state index in [1.165, 1.54) is 11.3 Å². The number of rotatable bonds is 5. The molecule has 148 valence electrons. The summed E-state index contributed by atoms with van der Waals surface area (Å²) in [6, 6.07) is 13.4. The standard InChI is InChI=1S/C20H19N5O2S2/c26-18(23-20-24-22-13-28-20)14-8-11-25(12-9-14)19(27)15-4-6-16(7-5-15)29-17-3-1-2-10-21-17/h1-7,10,13-14H,8-9,11-12H2,(H,23,24,26). The number of anilines is 1. The Kier molecular flexibility index (Phi) is 6.16. The molecule has 9 heteroatoms. The molecule has 29 heavy (non-hydrogen) atoms. The molecule has 3 aromatic rings. The van der Waals surface area contributed by atoms with Crippen LogP contribution in [0.15, 0.2) is 64.1 Å². The Balaban J connectivity index is 1.30. The minimum Gasteiger partial charge on any atom is -0.339 e. The lowest BCUT2D eigenvalue weighted by molar-refractivity contribution is -0.121. The monoisotopic (exact) mass is 425 g/mol. The highest BCUT2D eigenvalue weighted by Gasteiger charge is 2.28. The average molecular weight is 426 g/mol. The Bertz CT molecular complexity index is 956. The van der Waals surface area contributed by atoms with Crippen LogP contribution in [-0.4, -0.2) is 45.0 Å². The normalized spacial score (nSPS) is 14.6. The van der Waals surface area contributed by atoms with Crippen LogP contribution in [0.2, 0.25) is 0 Å². The lowest BCUT2D eigenvalue weighted by atomic mass is 9.95. The van der Waals surface area contributed by atoms with Crippen molar-refractivity contribution in [2.24, 2.45) is 5.92 Å². The molecule has 4 rings (SSSR count). The van der Waals surface area contributed by atoms with Gasteiger partial charge in [0, 0.05) is 35.7 Å². The number of piperidine rings is 1. The number of aromatic nitrogens is 3. The van der Waals surface area contributed by atoms with Gasteiger partial charge in [0.15, 0.2) is 0 Å². The summed E-state index contributed by atoms with van der Waals surface area (Å²) in [4.78, 5) is 32.3. The van der Waals surface area contributed by atoms with Crippen LogP contribution in [0.4, 0.5) is 5.13 Å². The van der Waals surface area contributed by atoms with Crippen molar-refractivity contribution in [1.29, 1.82) is 0 Å². The second-order valence-corrected chi connectivity index (χ2v) is 8.52. The number of amides is 2. The maximum absolute atomic E-state index is 12.8. The molecule has 0 atom stereocenters. The van der Waals surface area contributed by atoms with Gasteiger partial charge in [-0.2, -0.15) is 0 Å². The summed E-state index contributed by atoms with van der Waals surface area (Å²) in [6.07, 6.45) is 3.05. The van der Waals surface area contributed by atoms with E-state index in [0.29, 0.717) is 36.6 Å². The van der Waals surface area contributed by atoms with Gasteiger partial charge in [-0.05, 0) is 49.2 Å². The quantitative estimate of drug-likeness (QED) is 0.672. The van der Waals surface area contributed by atoms with Gasteiger partial charge in [0.25, 0.3) is 5.91 Å². The number of carbonyl (C=O) groups is 2. The van der Waals surface area contributed by atoms with Crippen LogP contribution in [0.3, 0.4) is 0 Å². The minimum atomic E-state index is -0.111. The molecule has 7 nitrogen and oxygen atoms in total. The number of pyridine rings is 1. The fourth-order valence-corrected chi connectivity index (χ4v) is 4.38. The number of benzene rings is 1. The first-order chi connectivity index (χ1) is 14.2. The fraction of sp³-hybridized carbons (Fsp3) is 0.250. The summed E-state index contributed by atoms with van der Waals surface area (Å²) in [6.45, 7) is 1.13. The Morgan fingerprint density at radius 3 is 2.55 bits per heavy atom. The first kappa shape index (κ1) is 19.5. The van der Waals surface area contributed by atoms with E-state index < -0.39 is 0 Å². The predicted molar refractivity (Wildman–Crippen MR) is 112 cm³/mol. The van der Waals surface area contributed by atoms with Crippen LogP contribution in [0.25, 0.3) is 0 Å². The molecule has 1 aliphatic heterocycles. The average Bonchev–Trinajstić information content (AvgIpc) is 3.28. The third kappa shape index (κ3) is 4.99. The second-order valence-electron chi connectivity index (χ2n) is 6.59. The molecule has 1 fully saturated rings. The van der Waals surface area contributed by atoms with Crippen LogP contribution in [0.1, 0.15) is 23.2 Å². The van der Waals surface area contributed by atoms with E-state index >= 15 is 0 Å². The molecule has 0 spiro atoms. The lowest BCUT2D eigenvalue weighted by Crippen LogP contribution is -2.41. The molecule has 0 bridgehead atoms. The van der Waals surface area contributed by atoms with Crippen molar-refractivity contribution in [3.8, 4) is 0 Å². The molecule has 1 saturated heterocycles. The van der Waals surface area contributed by atoms with Gasteiger partial charge in [-0.25, -0.2) is 4.98 Å². The molecular formula is C20H19N5O2S2. The third-order valence-electron chi connectivity index (χ3n) is 4.70. The van der Waals surface area contributed by atoms with Crippen molar-refractivity contribution >= 4 is 40.0 Å². The molecule has 1 aliphatic rings. The summed E-state index contributed by atoms with van der Waals surface area (Å²) in [5.41, 5.74) is 2.24. The van der Waals surface area contributed by atoms with Crippen LogP contribution >= 0.6 is 23.1 Å². The molecule has 2 amide bonds. The van der Waals surface area contributed by atoms with Gasteiger partial charge in [0.05, 0.1) is 0 Å². The Morgan fingerprint density at radius 1 is 1.10 bits per heavy atom. The Hall–Kier alpha value is -2.78. The second kappa shape index (κ2) is 9.15. The van der Waals surface area contributed by atoms with Crippen molar-refractivity contribution in [3.05, 3.63) is 59.7 Å². The van der Waals surface area contributed by atoms with E-state index in [0.717, 1.165) is 9.92 Å². The zero-order valence-electron chi connectivity index (χ0n) is 15.5. The number of likely N-dealkylation sites (tertiary alicyclic amines) is 1. The van der Waals surface area contributed by atoms with Crippen LogP contribution in [0, 0.1) is 5.92 Å². The Labute approximate surface area is 176 Å². The first-order valence-corrected chi connectivity index (χ1v) is 10.9. The number of hydrogen-bond acceptors (Lipinski definition) is 7. The van der Waals surface area contributed by atoms with Gasteiger partial charge >= 0.3 is 0 Å². The van der Waals surface area contributed by atoms with E-state index in [1.54, 1.807) is 23.5 Å². The summed E-state index contributed by atoms with van der Waals surface area (Å²) in [5, 5.41) is 11.8. The van der Waals surface area contributed by atoms with Crippen molar-refractivity contribution in [3.63, 3.8) is 0 Å². The molecule has 1 aromatic carbocycles. The molecule has 0 unspecified atom stereocenters. The molecule has 1 N–H and O–H groups in total. The molecule has 0 saturated carbocycles.